The first kappa shape index (κ1) is 17.4. The minimum absolute atomic E-state index is 0.0850. The largest absolute Gasteiger partial charge is 0.375 e. The number of carbonyl (C=O) groups excluding carboxylic acids is 1. The summed E-state index contributed by atoms with van der Waals surface area (Å²) in [5, 5.41) is 0.472. The fraction of sp³-hybridized carbons (Fsp3) is 0.500. The third kappa shape index (κ3) is 3.36. The number of carbonyl (C=O) groups is 1. The van der Waals surface area contributed by atoms with Crippen LogP contribution in [0.15, 0.2) is 23.2 Å². The number of hydrogen-bond acceptors (Lipinski definition) is 5. The maximum atomic E-state index is 12.0. The molecule has 0 spiro atoms. The van der Waals surface area contributed by atoms with Crippen LogP contribution >= 0.6 is 11.8 Å². The lowest BCUT2D eigenvalue weighted by Crippen LogP contribution is -2.38. The fourth-order valence-electron chi connectivity index (χ4n) is 3.09. The molecule has 8 heteroatoms. The Morgan fingerprint density at radius 3 is 2.83 bits per heavy atom. The zero-order chi connectivity index (χ0) is 17.5. The maximum Gasteiger partial charge on any atom is 0.274 e. The lowest BCUT2D eigenvalue weighted by atomic mass is 10.1. The number of sulfone groups is 1. The molecule has 0 radical (unpaired) electrons. The first-order valence-corrected chi connectivity index (χ1v) is 10.3. The minimum Gasteiger partial charge on any atom is -0.375 e. The number of rotatable bonds is 3. The molecule has 1 aromatic rings. The highest BCUT2D eigenvalue weighted by molar-refractivity contribution is 8.16. The number of aliphatic imine (C=N–C) groups is 1. The molecule has 2 saturated heterocycles. The van der Waals surface area contributed by atoms with Gasteiger partial charge in [-0.2, -0.15) is 4.99 Å². The fourth-order valence-corrected chi connectivity index (χ4v) is 7.01. The van der Waals surface area contributed by atoms with Gasteiger partial charge in [-0.3, -0.25) is 4.79 Å². The van der Waals surface area contributed by atoms with Crippen LogP contribution in [0.3, 0.4) is 0 Å². The SMILES string of the molecule is COCC(=O)N=C1S[C@@H]2CS(=O)(=O)C[C@@H]2N1c1cc(C)ccc1C. The van der Waals surface area contributed by atoms with Gasteiger partial charge in [0.25, 0.3) is 5.91 Å². The van der Waals surface area contributed by atoms with E-state index in [4.69, 9.17) is 4.74 Å². The summed E-state index contributed by atoms with van der Waals surface area (Å²) < 4.78 is 28.9. The minimum atomic E-state index is -3.06. The summed E-state index contributed by atoms with van der Waals surface area (Å²) in [7, 11) is -1.61. The zero-order valence-electron chi connectivity index (χ0n) is 13.9. The van der Waals surface area contributed by atoms with Gasteiger partial charge in [0.2, 0.25) is 0 Å². The molecular weight excluding hydrogens is 348 g/mol. The van der Waals surface area contributed by atoms with Gasteiger partial charge in [0.05, 0.1) is 17.5 Å². The predicted octanol–water partition coefficient (Wildman–Crippen LogP) is 1.55. The van der Waals surface area contributed by atoms with E-state index in [2.05, 4.69) is 4.99 Å². The normalized spacial score (nSPS) is 26.8. The van der Waals surface area contributed by atoms with Crippen molar-refractivity contribution in [2.75, 3.05) is 30.1 Å². The van der Waals surface area contributed by atoms with E-state index >= 15 is 0 Å². The summed E-state index contributed by atoms with van der Waals surface area (Å²) in [6, 6.07) is 5.84. The van der Waals surface area contributed by atoms with Crippen molar-refractivity contribution in [3.05, 3.63) is 29.3 Å². The van der Waals surface area contributed by atoms with Gasteiger partial charge in [0.1, 0.15) is 6.61 Å². The number of benzene rings is 1. The zero-order valence-corrected chi connectivity index (χ0v) is 15.5. The molecule has 0 unspecified atom stereocenters. The van der Waals surface area contributed by atoms with Crippen LogP contribution in [0.2, 0.25) is 0 Å². The number of thioether (sulfide) groups is 1. The highest BCUT2D eigenvalue weighted by Crippen LogP contribution is 2.42. The summed E-state index contributed by atoms with van der Waals surface area (Å²) in [5.41, 5.74) is 3.02. The molecule has 0 saturated carbocycles. The summed E-state index contributed by atoms with van der Waals surface area (Å²) in [5.74, 6) is -0.144. The van der Waals surface area contributed by atoms with Gasteiger partial charge in [-0.05, 0) is 31.0 Å². The topological polar surface area (TPSA) is 76.0 Å². The van der Waals surface area contributed by atoms with Crippen LogP contribution in [0.5, 0.6) is 0 Å². The van der Waals surface area contributed by atoms with E-state index in [1.54, 1.807) is 0 Å². The number of hydrogen-bond donors (Lipinski definition) is 0. The molecule has 0 aliphatic carbocycles. The Kier molecular flexibility index (Phi) is 4.72. The molecule has 0 N–H and O–H groups in total. The Hall–Kier alpha value is -1.38. The number of anilines is 1. The lowest BCUT2D eigenvalue weighted by molar-refractivity contribution is -0.121. The Labute approximate surface area is 146 Å². The maximum absolute atomic E-state index is 12.0. The van der Waals surface area contributed by atoms with Crippen molar-refractivity contribution in [3.8, 4) is 0 Å². The smallest absolute Gasteiger partial charge is 0.274 e. The van der Waals surface area contributed by atoms with Crippen LogP contribution in [0, 0.1) is 13.8 Å². The number of amidine groups is 1. The molecule has 2 heterocycles. The van der Waals surface area contributed by atoms with E-state index < -0.39 is 9.84 Å². The molecule has 2 atom stereocenters. The van der Waals surface area contributed by atoms with Crippen molar-refractivity contribution >= 4 is 38.4 Å². The average Bonchev–Trinajstić information content (AvgIpc) is 2.93. The number of methoxy groups -OCH3 is 1. The van der Waals surface area contributed by atoms with Crippen LogP contribution in [0.25, 0.3) is 0 Å². The van der Waals surface area contributed by atoms with E-state index in [9.17, 15) is 13.2 Å². The summed E-state index contributed by atoms with van der Waals surface area (Å²) in [6.45, 7) is 3.88. The summed E-state index contributed by atoms with van der Waals surface area (Å²) >= 11 is 1.38. The Bertz CT molecular complexity index is 804. The number of aryl methyl sites for hydroxylation is 2. The first-order valence-electron chi connectivity index (χ1n) is 7.65. The number of fused-ring (bicyclic) bond motifs is 1. The molecule has 1 aromatic carbocycles. The van der Waals surface area contributed by atoms with Gasteiger partial charge in [0.15, 0.2) is 15.0 Å². The van der Waals surface area contributed by atoms with Crippen LogP contribution in [-0.4, -0.2) is 56.0 Å². The van der Waals surface area contributed by atoms with Crippen LogP contribution in [-0.2, 0) is 19.4 Å². The lowest BCUT2D eigenvalue weighted by Gasteiger charge is -2.26. The highest BCUT2D eigenvalue weighted by Gasteiger charge is 2.49. The summed E-state index contributed by atoms with van der Waals surface area (Å²) in [4.78, 5) is 18.0. The average molecular weight is 368 g/mol. The molecule has 130 valence electrons. The van der Waals surface area contributed by atoms with E-state index in [0.29, 0.717) is 5.17 Å². The Balaban J connectivity index is 2.04. The molecule has 3 rings (SSSR count). The van der Waals surface area contributed by atoms with Crippen molar-refractivity contribution in [2.24, 2.45) is 4.99 Å². The Morgan fingerprint density at radius 1 is 1.38 bits per heavy atom. The quantitative estimate of drug-likeness (QED) is 0.806. The molecule has 6 nitrogen and oxygen atoms in total. The van der Waals surface area contributed by atoms with E-state index in [1.165, 1.54) is 18.9 Å². The van der Waals surface area contributed by atoms with Crippen LogP contribution in [0.1, 0.15) is 11.1 Å². The first-order chi connectivity index (χ1) is 11.3. The second kappa shape index (κ2) is 6.50. The van der Waals surface area contributed by atoms with Gasteiger partial charge < -0.3 is 9.64 Å². The second-order valence-corrected chi connectivity index (χ2v) is 9.54. The standard InChI is InChI=1S/C16H20N2O4S2/c1-10-4-5-11(2)12(6-10)18-13-8-24(20,21)9-14(13)23-16(18)17-15(19)7-22-3/h4-6,13-14H,7-9H2,1-3H3/t13-,14+/m0/s1. The second-order valence-electron chi connectivity index (χ2n) is 6.18. The number of nitrogens with zero attached hydrogens (tertiary/aromatic N) is 2. The molecular formula is C16H20N2O4S2. The van der Waals surface area contributed by atoms with Crippen molar-refractivity contribution in [1.82, 2.24) is 0 Å². The predicted molar refractivity (Wildman–Crippen MR) is 96.5 cm³/mol. The molecule has 2 aliphatic rings. The van der Waals surface area contributed by atoms with Gasteiger partial charge in [-0.1, -0.05) is 23.9 Å². The molecule has 1 amide bonds. The van der Waals surface area contributed by atoms with Gasteiger partial charge in [-0.25, -0.2) is 8.42 Å². The molecule has 24 heavy (non-hydrogen) atoms. The molecule has 0 bridgehead atoms. The van der Waals surface area contributed by atoms with E-state index in [0.717, 1.165) is 16.8 Å². The van der Waals surface area contributed by atoms with Gasteiger partial charge in [-0.15, -0.1) is 0 Å². The van der Waals surface area contributed by atoms with Crippen molar-refractivity contribution in [3.63, 3.8) is 0 Å². The molecule has 2 fully saturated rings. The van der Waals surface area contributed by atoms with Gasteiger partial charge >= 0.3 is 0 Å². The van der Waals surface area contributed by atoms with Crippen molar-refractivity contribution in [2.45, 2.75) is 25.1 Å². The van der Waals surface area contributed by atoms with E-state index in [-0.39, 0.29) is 35.3 Å². The van der Waals surface area contributed by atoms with Gasteiger partial charge in [0, 0.05) is 18.0 Å². The van der Waals surface area contributed by atoms with Crippen LogP contribution in [0.4, 0.5) is 5.69 Å². The number of amides is 1. The van der Waals surface area contributed by atoms with Crippen LogP contribution < -0.4 is 4.90 Å². The third-order valence-corrected chi connectivity index (χ3v) is 7.39. The monoisotopic (exact) mass is 368 g/mol. The summed E-state index contributed by atoms with van der Waals surface area (Å²) in [6.07, 6.45) is 0. The molecule has 2 aliphatic heterocycles. The molecule has 0 aromatic heterocycles. The van der Waals surface area contributed by atoms with E-state index in [1.807, 2.05) is 36.9 Å². The number of ether oxygens (including phenoxy) is 1. The Morgan fingerprint density at radius 2 is 2.12 bits per heavy atom. The van der Waals surface area contributed by atoms with Crippen molar-refractivity contribution < 1.29 is 17.9 Å². The third-order valence-electron chi connectivity index (χ3n) is 4.18. The van der Waals surface area contributed by atoms with Crippen molar-refractivity contribution in [1.29, 1.82) is 0 Å². The highest BCUT2D eigenvalue weighted by atomic mass is 32.2.